The van der Waals surface area contributed by atoms with Crippen molar-refractivity contribution in [1.82, 2.24) is 14.4 Å². The van der Waals surface area contributed by atoms with Gasteiger partial charge in [0.2, 0.25) is 5.88 Å². The second-order valence-corrected chi connectivity index (χ2v) is 8.10. The Morgan fingerprint density at radius 3 is 1.94 bits per heavy atom. The SMILES string of the molecule is COCc1ccc(-c2cn3c(O)c(Cc4ccccc4)nc3c(Cc3ccccc3)n2)cc1. The number of methoxy groups -OCH3 is 1. The van der Waals surface area contributed by atoms with E-state index < -0.39 is 0 Å². The fourth-order valence-corrected chi connectivity index (χ4v) is 4.04. The number of nitrogens with zero attached hydrogens (tertiary/aromatic N) is 3. The average molecular weight is 436 g/mol. The van der Waals surface area contributed by atoms with Gasteiger partial charge in [0, 0.05) is 31.7 Å². The maximum absolute atomic E-state index is 11.1. The van der Waals surface area contributed by atoms with E-state index in [-0.39, 0.29) is 5.88 Å². The van der Waals surface area contributed by atoms with Gasteiger partial charge in [0.1, 0.15) is 5.69 Å². The molecule has 5 aromatic rings. The van der Waals surface area contributed by atoms with Crippen molar-refractivity contribution < 1.29 is 9.84 Å². The van der Waals surface area contributed by atoms with Crippen molar-refractivity contribution in [3.05, 3.63) is 119 Å². The molecule has 0 bridgehead atoms. The van der Waals surface area contributed by atoms with Gasteiger partial charge in [0.05, 0.1) is 18.0 Å². The minimum Gasteiger partial charge on any atom is -0.493 e. The van der Waals surface area contributed by atoms with Gasteiger partial charge in [-0.1, -0.05) is 84.9 Å². The highest BCUT2D eigenvalue weighted by molar-refractivity contribution is 5.63. The van der Waals surface area contributed by atoms with E-state index in [4.69, 9.17) is 14.7 Å². The fourth-order valence-electron chi connectivity index (χ4n) is 4.04. The van der Waals surface area contributed by atoms with Crippen molar-refractivity contribution in [2.45, 2.75) is 19.4 Å². The van der Waals surface area contributed by atoms with Gasteiger partial charge in [-0.15, -0.1) is 0 Å². The van der Waals surface area contributed by atoms with Gasteiger partial charge < -0.3 is 9.84 Å². The van der Waals surface area contributed by atoms with Crippen molar-refractivity contribution in [1.29, 1.82) is 0 Å². The fraction of sp³-hybridized carbons (Fsp3) is 0.143. The standard InChI is InChI=1S/C28H25N3O2/c1-33-19-22-12-14-23(15-13-22)26-18-31-27(24(29-26)16-20-8-4-2-5-9-20)30-25(28(31)32)17-21-10-6-3-7-11-21/h2-15,18,32H,16-17,19H2,1H3. The van der Waals surface area contributed by atoms with E-state index in [1.165, 1.54) is 0 Å². The molecule has 0 atom stereocenters. The maximum atomic E-state index is 11.1. The molecule has 0 fully saturated rings. The smallest absolute Gasteiger partial charge is 0.219 e. The Morgan fingerprint density at radius 1 is 0.727 bits per heavy atom. The van der Waals surface area contributed by atoms with Crippen molar-refractivity contribution in [3.63, 3.8) is 0 Å². The first kappa shape index (κ1) is 20.9. The van der Waals surface area contributed by atoms with E-state index in [0.29, 0.717) is 30.8 Å². The second-order valence-electron chi connectivity index (χ2n) is 8.10. The van der Waals surface area contributed by atoms with Crippen LogP contribution in [0.1, 0.15) is 28.1 Å². The molecule has 164 valence electrons. The number of ether oxygens (including phenoxy) is 1. The zero-order valence-electron chi connectivity index (χ0n) is 18.5. The average Bonchev–Trinajstić information content (AvgIpc) is 3.16. The van der Waals surface area contributed by atoms with Gasteiger partial charge in [-0.05, 0) is 16.7 Å². The molecule has 0 saturated heterocycles. The third kappa shape index (κ3) is 4.49. The first-order chi connectivity index (χ1) is 16.2. The molecule has 0 aliphatic carbocycles. The molecule has 0 aliphatic rings. The second kappa shape index (κ2) is 9.27. The zero-order chi connectivity index (χ0) is 22.6. The molecule has 33 heavy (non-hydrogen) atoms. The van der Waals surface area contributed by atoms with Crippen LogP contribution in [-0.4, -0.2) is 26.6 Å². The summed E-state index contributed by atoms with van der Waals surface area (Å²) < 4.78 is 6.99. The number of hydrogen-bond donors (Lipinski definition) is 1. The Morgan fingerprint density at radius 2 is 1.33 bits per heavy atom. The van der Waals surface area contributed by atoms with Crippen LogP contribution in [0.2, 0.25) is 0 Å². The summed E-state index contributed by atoms with van der Waals surface area (Å²) in [6, 6.07) is 28.4. The number of aromatic nitrogens is 3. The molecule has 0 saturated carbocycles. The molecule has 2 heterocycles. The number of benzene rings is 3. The summed E-state index contributed by atoms with van der Waals surface area (Å²) in [4.78, 5) is 9.79. The van der Waals surface area contributed by atoms with E-state index in [1.807, 2.05) is 79.0 Å². The molecule has 5 rings (SSSR count). The number of imidazole rings is 1. The van der Waals surface area contributed by atoms with Crippen LogP contribution in [0.3, 0.4) is 0 Å². The molecule has 2 aromatic heterocycles. The summed E-state index contributed by atoms with van der Waals surface area (Å²) in [5.41, 5.74) is 7.26. The van der Waals surface area contributed by atoms with Crippen LogP contribution in [0.4, 0.5) is 0 Å². The van der Waals surface area contributed by atoms with Crippen LogP contribution in [0.15, 0.2) is 91.1 Å². The summed E-state index contributed by atoms with van der Waals surface area (Å²) in [5.74, 6) is 0.155. The zero-order valence-corrected chi connectivity index (χ0v) is 18.5. The van der Waals surface area contributed by atoms with Gasteiger partial charge in [0.25, 0.3) is 0 Å². The quantitative estimate of drug-likeness (QED) is 0.370. The Kier molecular flexibility index (Phi) is 5.87. The van der Waals surface area contributed by atoms with Gasteiger partial charge in [0.15, 0.2) is 5.65 Å². The molecule has 0 amide bonds. The molecule has 0 spiro atoms. The molecule has 5 heteroatoms. The van der Waals surface area contributed by atoms with Crippen molar-refractivity contribution >= 4 is 5.65 Å². The minimum atomic E-state index is 0.155. The highest BCUT2D eigenvalue weighted by Gasteiger charge is 2.18. The maximum Gasteiger partial charge on any atom is 0.219 e. The topological polar surface area (TPSA) is 59.7 Å². The van der Waals surface area contributed by atoms with Crippen LogP contribution in [0.5, 0.6) is 5.88 Å². The molecule has 1 N–H and O–H groups in total. The van der Waals surface area contributed by atoms with Crippen molar-refractivity contribution in [2.75, 3.05) is 7.11 Å². The molecular weight excluding hydrogens is 410 g/mol. The van der Waals surface area contributed by atoms with Gasteiger partial charge in [-0.3, -0.25) is 4.40 Å². The highest BCUT2D eigenvalue weighted by atomic mass is 16.5. The Hall–Kier alpha value is -3.96. The third-order valence-electron chi connectivity index (χ3n) is 5.71. The molecule has 0 aliphatic heterocycles. The summed E-state index contributed by atoms with van der Waals surface area (Å²) in [6.07, 6.45) is 3.05. The largest absolute Gasteiger partial charge is 0.493 e. The van der Waals surface area contributed by atoms with Crippen molar-refractivity contribution in [3.8, 4) is 17.1 Å². The van der Waals surface area contributed by atoms with Crippen molar-refractivity contribution in [2.24, 2.45) is 0 Å². The van der Waals surface area contributed by atoms with E-state index in [9.17, 15) is 5.11 Å². The van der Waals surface area contributed by atoms with Gasteiger partial charge >= 0.3 is 0 Å². The number of hydrogen-bond acceptors (Lipinski definition) is 4. The number of aromatic hydroxyl groups is 1. The Balaban J connectivity index is 1.61. The molecule has 0 unspecified atom stereocenters. The number of fused-ring (bicyclic) bond motifs is 1. The van der Waals surface area contributed by atoms with Crippen LogP contribution >= 0.6 is 0 Å². The van der Waals surface area contributed by atoms with Crippen LogP contribution in [0.25, 0.3) is 16.9 Å². The lowest BCUT2D eigenvalue weighted by atomic mass is 10.1. The van der Waals surface area contributed by atoms with Gasteiger partial charge in [-0.2, -0.15) is 0 Å². The predicted molar refractivity (Wildman–Crippen MR) is 129 cm³/mol. The van der Waals surface area contributed by atoms with Gasteiger partial charge in [-0.25, -0.2) is 9.97 Å². The lowest BCUT2D eigenvalue weighted by Gasteiger charge is -2.09. The summed E-state index contributed by atoms with van der Waals surface area (Å²) in [7, 11) is 1.69. The lowest BCUT2D eigenvalue weighted by Crippen LogP contribution is -2.01. The summed E-state index contributed by atoms with van der Waals surface area (Å²) in [6.45, 7) is 0.567. The predicted octanol–water partition coefficient (Wildman–Crippen LogP) is 5.43. The molecule has 3 aromatic carbocycles. The molecule has 5 nitrogen and oxygen atoms in total. The first-order valence-electron chi connectivity index (χ1n) is 11.0. The highest BCUT2D eigenvalue weighted by Crippen LogP contribution is 2.28. The molecular formula is C28H25N3O2. The Bertz CT molecular complexity index is 1360. The first-order valence-corrected chi connectivity index (χ1v) is 11.0. The van der Waals surface area contributed by atoms with Crippen LogP contribution < -0.4 is 0 Å². The summed E-state index contributed by atoms with van der Waals surface area (Å²) >= 11 is 0. The van der Waals surface area contributed by atoms with E-state index in [0.717, 1.165) is 33.6 Å². The normalized spacial score (nSPS) is 11.2. The van der Waals surface area contributed by atoms with E-state index in [1.54, 1.807) is 11.5 Å². The number of rotatable bonds is 7. The monoisotopic (exact) mass is 435 g/mol. The van der Waals surface area contributed by atoms with E-state index >= 15 is 0 Å². The summed E-state index contributed by atoms with van der Waals surface area (Å²) in [5, 5.41) is 11.1. The lowest BCUT2D eigenvalue weighted by molar-refractivity contribution is 0.185. The molecule has 0 radical (unpaired) electrons. The van der Waals surface area contributed by atoms with E-state index in [2.05, 4.69) is 12.1 Å². The third-order valence-corrected chi connectivity index (χ3v) is 5.71. The van der Waals surface area contributed by atoms with Crippen LogP contribution in [0, 0.1) is 0 Å². The van der Waals surface area contributed by atoms with Crippen LogP contribution in [-0.2, 0) is 24.2 Å². The Labute approximate surface area is 193 Å². The minimum absolute atomic E-state index is 0.155.